The Kier molecular flexibility index (Phi) is 5.45. The topological polar surface area (TPSA) is 62.5 Å². The standard InChI is InChI=1S/C10H15NO3S/c12-7-9(13)8-15-6-5-11-4-2-1-3-10(11)14/h1-4,9,12-13H,5-8H2. The lowest BCUT2D eigenvalue weighted by Gasteiger charge is -2.07. The molecule has 1 aromatic rings. The van der Waals surface area contributed by atoms with Gasteiger partial charge in [-0.15, -0.1) is 0 Å². The lowest BCUT2D eigenvalue weighted by Crippen LogP contribution is -2.20. The molecule has 1 atom stereocenters. The molecule has 0 spiro atoms. The van der Waals surface area contributed by atoms with E-state index in [-0.39, 0.29) is 12.2 Å². The quantitative estimate of drug-likeness (QED) is 0.671. The van der Waals surface area contributed by atoms with Gasteiger partial charge in [-0.1, -0.05) is 6.07 Å². The van der Waals surface area contributed by atoms with E-state index in [0.717, 1.165) is 5.75 Å². The van der Waals surface area contributed by atoms with Gasteiger partial charge < -0.3 is 14.8 Å². The fourth-order valence-electron chi connectivity index (χ4n) is 1.08. The van der Waals surface area contributed by atoms with Gasteiger partial charge in [-0.2, -0.15) is 11.8 Å². The number of aromatic nitrogens is 1. The second-order valence-corrected chi connectivity index (χ2v) is 4.29. The predicted molar refractivity (Wildman–Crippen MR) is 61.1 cm³/mol. The highest BCUT2D eigenvalue weighted by Crippen LogP contribution is 2.03. The third-order valence-corrected chi connectivity index (χ3v) is 2.99. The van der Waals surface area contributed by atoms with Crippen LogP contribution in [0.2, 0.25) is 0 Å². The molecule has 15 heavy (non-hydrogen) atoms. The van der Waals surface area contributed by atoms with Crippen LogP contribution in [-0.2, 0) is 6.54 Å². The number of hydrogen-bond acceptors (Lipinski definition) is 4. The first-order chi connectivity index (χ1) is 7.24. The molecule has 0 aromatic carbocycles. The first-order valence-electron chi connectivity index (χ1n) is 4.76. The van der Waals surface area contributed by atoms with E-state index >= 15 is 0 Å². The molecule has 0 bridgehead atoms. The molecule has 0 aliphatic carbocycles. The van der Waals surface area contributed by atoms with Crippen LogP contribution in [0.25, 0.3) is 0 Å². The molecule has 5 heteroatoms. The molecule has 0 aliphatic rings. The van der Waals surface area contributed by atoms with E-state index in [9.17, 15) is 4.79 Å². The second kappa shape index (κ2) is 6.66. The minimum absolute atomic E-state index is 0.0131. The molecule has 0 saturated carbocycles. The Morgan fingerprint density at radius 2 is 2.27 bits per heavy atom. The first kappa shape index (κ1) is 12.3. The molecule has 1 aromatic heterocycles. The van der Waals surface area contributed by atoms with Crippen LogP contribution in [0.5, 0.6) is 0 Å². The van der Waals surface area contributed by atoms with Crippen LogP contribution in [0, 0.1) is 0 Å². The van der Waals surface area contributed by atoms with Gasteiger partial charge in [-0.25, -0.2) is 0 Å². The largest absolute Gasteiger partial charge is 0.394 e. The van der Waals surface area contributed by atoms with Gasteiger partial charge >= 0.3 is 0 Å². The lowest BCUT2D eigenvalue weighted by atomic mass is 10.4. The fraction of sp³-hybridized carbons (Fsp3) is 0.500. The van der Waals surface area contributed by atoms with Gasteiger partial charge in [0.1, 0.15) is 0 Å². The van der Waals surface area contributed by atoms with Crippen LogP contribution in [-0.4, -0.2) is 39.0 Å². The maximum Gasteiger partial charge on any atom is 0.250 e. The molecule has 0 radical (unpaired) electrons. The molecule has 84 valence electrons. The molecular formula is C10H15NO3S. The van der Waals surface area contributed by atoms with E-state index in [0.29, 0.717) is 12.3 Å². The average molecular weight is 229 g/mol. The van der Waals surface area contributed by atoms with Crippen molar-refractivity contribution in [3.8, 4) is 0 Å². The molecular weight excluding hydrogens is 214 g/mol. The Morgan fingerprint density at radius 1 is 1.47 bits per heavy atom. The average Bonchev–Trinajstić information content (AvgIpc) is 2.26. The van der Waals surface area contributed by atoms with E-state index < -0.39 is 6.10 Å². The van der Waals surface area contributed by atoms with Gasteiger partial charge in [-0.3, -0.25) is 4.79 Å². The van der Waals surface area contributed by atoms with Crippen molar-refractivity contribution in [2.45, 2.75) is 12.6 Å². The zero-order valence-corrected chi connectivity index (χ0v) is 9.19. The zero-order valence-electron chi connectivity index (χ0n) is 8.37. The van der Waals surface area contributed by atoms with Gasteiger partial charge in [-0.05, 0) is 6.07 Å². The fourth-order valence-corrected chi connectivity index (χ4v) is 1.95. The number of aliphatic hydroxyl groups is 2. The summed E-state index contributed by atoms with van der Waals surface area (Å²) in [5.74, 6) is 1.25. The number of aliphatic hydroxyl groups excluding tert-OH is 2. The van der Waals surface area contributed by atoms with Gasteiger partial charge in [0.05, 0.1) is 12.7 Å². The highest BCUT2D eigenvalue weighted by atomic mass is 32.2. The van der Waals surface area contributed by atoms with E-state index in [1.54, 1.807) is 16.8 Å². The summed E-state index contributed by atoms with van der Waals surface area (Å²) in [7, 11) is 0. The van der Waals surface area contributed by atoms with E-state index in [1.807, 2.05) is 6.07 Å². The Balaban J connectivity index is 2.26. The molecule has 0 saturated heterocycles. The summed E-state index contributed by atoms with van der Waals surface area (Å²) in [6, 6.07) is 5.05. The molecule has 1 rings (SSSR count). The summed E-state index contributed by atoms with van der Waals surface area (Å²) in [5.41, 5.74) is -0.0131. The van der Waals surface area contributed by atoms with Crippen molar-refractivity contribution in [3.05, 3.63) is 34.7 Å². The monoisotopic (exact) mass is 229 g/mol. The van der Waals surface area contributed by atoms with E-state index in [4.69, 9.17) is 10.2 Å². The lowest BCUT2D eigenvalue weighted by molar-refractivity contribution is 0.113. The third-order valence-electron chi connectivity index (χ3n) is 1.90. The molecule has 0 aliphatic heterocycles. The summed E-state index contributed by atoms with van der Waals surface area (Å²) in [5, 5.41) is 17.6. The molecule has 2 N–H and O–H groups in total. The minimum Gasteiger partial charge on any atom is -0.394 e. The number of rotatable bonds is 6. The Morgan fingerprint density at radius 3 is 2.93 bits per heavy atom. The van der Waals surface area contributed by atoms with Crippen LogP contribution in [0.15, 0.2) is 29.2 Å². The number of aryl methyl sites for hydroxylation is 1. The normalized spacial score (nSPS) is 12.7. The van der Waals surface area contributed by atoms with Crippen LogP contribution >= 0.6 is 11.8 Å². The van der Waals surface area contributed by atoms with Crippen molar-refractivity contribution in [2.75, 3.05) is 18.1 Å². The number of pyridine rings is 1. The zero-order chi connectivity index (χ0) is 11.1. The smallest absolute Gasteiger partial charge is 0.250 e. The molecule has 1 unspecified atom stereocenters. The van der Waals surface area contributed by atoms with Crippen molar-refractivity contribution in [1.82, 2.24) is 4.57 Å². The Labute approximate surface area is 92.6 Å². The number of hydrogen-bond donors (Lipinski definition) is 2. The minimum atomic E-state index is -0.664. The molecule has 0 amide bonds. The van der Waals surface area contributed by atoms with Crippen molar-refractivity contribution in [1.29, 1.82) is 0 Å². The Hall–Kier alpha value is -0.780. The van der Waals surface area contributed by atoms with Crippen molar-refractivity contribution < 1.29 is 10.2 Å². The van der Waals surface area contributed by atoms with Crippen LogP contribution in [0.3, 0.4) is 0 Å². The van der Waals surface area contributed by atoms with Gasteiger partial charge in [0, 0.05) is 30.3 Å². The summed E-state index contributed by atoms with van der Waals surface area (Å²) in [6.45, 7) is 0.417. The highest BCUT2D eigenvalue weighted by molar-refractivity contribution is 7.99. The van der Waals surface area contributed by atoms with Crippen LogP contribution < -0.4 is 5.56 Å². The predicted octanol–water partition coefficient (Wildman–Crippen LogP) is -0.0653. The van der Waals surface area contributed by atoms with Gasteiger partial charge in [0.25, 0.3) is 5.56 Å². The maximum absolute atomic E-state index is 11.3. The SMILES string of the molecule is O=c1ccccn1CCSCC(O)CO. The second-order valence-electron chi connectivity index (χ2n) is 3.14. The molecule has 0 fully saturated rings. The van der Waals surface area contributed by atoms with Gasteiger partial charge in [0.15, 0.2) is 0 Å². The highest BCUT2D eigenvalue weighted by Gasteiger charge is 2.01. The number of thioether (sulfide) groups is 1. The summed E-state index contributed by atoms with van der Waals surface area (Å²) < 4.78 is 1.62. The van der Waals surface area contributed by atoms with Crippen molar-refractivity contribution in [3.63, 3.8) is 0 Å². The summed E-state index contributed by atoms with van der Waals surface area (Å²) in [6.07, 6.45) is 1.08. The molecule has 1 heterocycles. The van der Waals surface area contributed by atoms with Crippen molar-refractivity contribution in [2.24, 2.45) is 0 Å². The van der Waals surface area contributed by atoms with E-state index in [2.05, 4.69) is 0 Å². The summed E-state index contributed by atoms with van der Waals surface area (Å²) >= 11 is 1.52. The molecule has 4 nitrogen and oxygen atoms in total. The van der Waals surface area contributed by atoms with Crippen molar-refractivity contribution >= 4 is 11.8 Å². The van der Waals surface area contributed by atoms with E-state index in [1.165, 1.54) is 17.8 Å². The number of nitrogens with zero attached hydrogens (tertiary/aromatic N) is 1. The summed E-state index contributed by atoms with van der Waals surface area (Å²) in [4.78, 5) is 11.3. The first-order valence-corrected chi connectivity index (χ1v) is 5.91. The van der Waals surface area contributed by atoms with Crippen LogP contribution in [0.4, 0.5) is 0 Å². The van der Waals surface area contributed by atoms with Crippen LogP contribution in [0.1, 0.15) is 0 Å². The van der Waals surface area contributed by atoms with Gasteiger partial charge in [0.2, 0.25) is 0 Å². The third kappa shape index (κ3) is 4.51. The maximum atomic E-state index is 11.3. The Bertz CT molecular complexity index is 339.